The van der Waals surface area contributed by atoms with Crippen LogP contribution in [-0.4, -0.2) is 50.1 Å². The Bertz CT molecular complexity index is 1370. The first-order chi connectivity index (χ1) is 17.9. The number of carbonyl (C=O) groups is 1. The summed E-state index contributed by atoms with van der Waals surface area (Å²) in [6.45, 7) is 0.947. The number of nitrogens with zero attached hydrogens (tertiary/aromatic N) is 2. The highest BCUT2D eigenvalue weighted by Crippen LogP contribution is 2.33. The monoisotopic (exact) mass is 512 g/mol. The highest BCUT2D eigenvalue weighted by molar-refractivity contribution is 5.90. The number of carboxylic acids is 1. The lowest BCUT2D eigenvalue weighted by atomic mass is 10.0. The summed E-state index contributed by atoms with van der Waals surface area (Å²) in [6, 6.07) is 14.5. The summed E-state index contributed by atoms with van der Waals surface area (Å²) in [5.74, 6) is -1.67. The lowest BCUT2D eigenvalue weighted by molar-refractivity contribution is -0.135. The van der Waals surface area contributed by atoms with Crippen molar-refractivity contribution in [1.82, 2.24) is 5.16 Å². The molecule has 0 aliphatic carbocycles. The van der Waals surface area contributed by atoms with Gasteiger partial charge in [-0.3, -0.25) is 4.79 Å². The van der Waals surface area contributed by atoms with Gasteiger partial charge in [-0.1, -0.05) is 23.4 Å². The van der Waals surface area contributed by atoms with Crippen molar-refractivity contribution in [3.05, 3.63) is 71.8 Å². The van der Waals surface area contributed by atoms with Crippen LogP contribution in [0.25, 0.3) is 22.1 Å². The lowest BCUT2D eigenvalue weighted by Crippen LogP contribution is -2.31. The molecular weight excluding hydrogens is 486 g/mol. The first kappa shape index (κ1) is 25.9. The van der Waals surface area contributed by atoms with Crippen molar-refractivity contribution in [3.63, 3.8) is 0 Å². The van der Waals surface area contributed by atoms with E-state index in [-0.39, 0.29) is 18.9 Å². The molecule has 0 saturated carbocycles. The number of hydrogen-bond donors (Lipinski definition) is 1. The molecule has 1 aromatic heterocycles. The minimum absolute atomic E-state index is 0.221. The molecule has 0 bridgehead atoms. The minimum Gasteiger partial charge on any atom is -0.496 e. The maximum absolute atomic E-state index is 13.8. The van der Waals surface area contributed by atoms with Gasteiger partial charge in [0.1, 0.15) is 24.7 Å². The molecule has 3 aromatic carbocycles. The number of fused-ring (bicyclic) bond motifs is 1. The van der Waals surface area contributed by atoms with E-state index in [1.165, 1.54) is 7.11 Å². The fourth-order valence-electron chi connectivity index (χ4n) is 3.93. The van der Waals surface area contributed by atoms with Crippen LogP contribution in [0.15, 0.2) is 59.1 Å². The van der Waals surface area contributed by atoms with Gasteiger partial charge in [0.2, 0.25) is 0 Å². The Balaban J connectivity index is 1.49. The zero-order chi connectivity index (χ0) is 26.4. The molecule has 1 N–H and O–H groups in total. The van der Waals surface area contributed by atoms with Crippen molar-refractivity contribution in [2.24, 2.45) is 0 Å². The molecule has 0 unspecified atom stereocenters. The molecule has 1 heterocycles. The molecule has 0 spiro atoms. The molecule has 194 valence electrons. The van der Waals surface area contributed by atoms with E-state index in [2.05, 4.69) is 5.16 Å². The summed E-state index contributed by atoms with van der Waals surface area (Å²) in [4.78, 5) is 13.0. The van der Waals surface area contributed by atoms with E-state index >= 15 is 0 Å². The van der Waals surface area contributed by atoms with E-state index in [0.29, 0.717) is 53.2 Å². The van der Waals surface area contributed by atoms with Gasteiger partial charge in [-0.2, -0.15) is 0 Å². The summed E-state index contributed by atoms with van der Waals surface area (Å²) in [5.41, 5.74) is 2.43. The van der Waals surface area contributed by atoms with Crippen molar-refractivity contribution in [2.75, 3.05) is 38.8 Å². The van der Waals surface area contributed by atoms with Crippen LogP contribution in [0, 0.1) is 11.6 Å². The molecule has 0 saturated heterocycles. The van der Waals surface area contributed by atoms with Crippen LogP contribution in [0.3, 0.4) is 0 Å². The van der Waals surface area contributed by atoms with Gasteiger partial charge in [0.25, 0.3) is 0 Å². The number of aliphatic carboxylic acids is 1. The maximum Gasteiger partial charge on any atom is 0.323 e. The Kier molecular flexibility index (Phi) is 8.19. The molecule has 37 heavy (non-hydrogen) atoms. The number of hydrogen-bond acceptors (Lipinski definition) is 7. The zero-order valence-electron chi connectivity index (χ0n) is 20.4. The van der Waals surface area contributed by atoms with Gasteiger partial charge in [-0.05, 0) is 47.9 Å². The van der Waals surface area contributed by atoms with Crippen LogP contribution >= 0.6 is 0 Å². The summed E-state index contributed by atoms with van der Waals surface area (Å²) in [7, 11) is 2.98. The van der Waals surface area contributed by atoms with Gasteiger partial charge >= 0.3 is 5.97 Å². The Morgan fingerprint density at radius 3 is 2.51 bits per heavy atom. The Labute approximate surface area is 211 Å². The number of benzene rings is 3. The molecule has 0 aliphatic heterocycles. The van der Waals surface area contributed by atoms with Crippen LogP contribution in [0.5, 0.6) is 11.5 Å². The molecular formula is C27H26F2N2O6. The Morgan fingerprint density at radius 2 is 1.81 bits per heavy atom. The third-order valence-electron chi connectivity index (χ3n) is 5.73. The van der Waals surface area contributed by atoms with E-state index in [1.54, 1.807) is 42.3 Å². The molecule has 8 nitrogen and oxygen atoms in total. The lowest BCUT2D eigenvalue weighted by Gasteiger charge is -2.19. The average molecular weight is 513 g/mol. The summed E-state index contributed by atoms with van der Waals surface area (Å²) >= 11 is 0. The van der Waals surface area contributed by atoms with Crippen molar-refractivity contribution < 1.29 is 37.4 Å². The highest BCUT2D eigenvalue weighted by Gasteiger charge is 2.19. The van der Waals surface area contributed by atoms with Crippen LogP contribution < -0.4 is 14.4 Å². The second-order valence-electron chi connectivity index (χ2n) is 8.28. The summed E-state index contributed by atoms with van der Waals surface area (Å²) < 4.78 is 48.9. The van der Waals surface area contributed by atoms with E-state index in [9.17, 15) is 18.7 Å². The second-order valence-corrected chi connectivity index (χ2v) is 8.28. The molecule has 0 radical (unpaired) electrons. The molecule has 4 aromatic rings. The second kappa shape index (κ2) is 11.7. The fourth-order valence-corrected chi connectivity index (χ4v) is 3.93. The average Bonchev–Trinajstić information content (AvgIpc) is 3.31. The number of aromatic nitrogens is 1. The summed E-state index contributed by atoms with van der Waals surface area (Å²) in [5, 5.41) is 14.1. The minimum atomic E-state index is -0.977. The van der Waals surface area contributed by atoms with E-state index in [4.69, 9.17) is 18.7 Å². The van der Waals surface area contributed by atoms with Gasteiger partial charge in [0, 0.05) is 31.9 Å². The first-order valence-electron chi connectivity index (χ1n) is 11.5. The van der Waals surface area contributed by atoms with Crippen molar-refractivity contribution in [2.45, 2.75) is 13.0 Å². The van der Waals surface area contributed by atoms with Crippen LogP contribution in [0.2, 0.25) is 0 Å². The first-order valence-corrected chi connectivity index (χ1v) is 11.5. The van der Waals surface area contributed by atoms with Crippen LogP contribution in [-0.2, 0) is 16.1 Å². The van der Waals surface area contributed by atoms with Crippen molar-refractivity contribution in [1.29, 1.82) is 0 Å². The molecule has 0 aliphatic rings. The quantitative estimate of drug-likeness (QED) is 0.256. The molecule has 0 fully saturated rings. The molecule has 4 rings (SSSR count). The van der Waals surface area contributed by atoms with Gasteiger partial charge in [-0.25, -0.2) is 8.78 Å². The Morgan fingerprint density at radius 1 is 1.05 bits per heavy atom. The topological polar surface area (TPSA) is 94.3 Å². The largest absolute Gasteiger partial charge is 0.496 e. The molecule has 0 atom stereocenters. The standard InChI is InChI=1S/C27H26F2N2O6/c1-34-11-3-10-31(15-26(32)33)27-21-12-17(4-9-24(21)37-30-27)16-36-19-7-5-18(6-8-19)20-13-22(28)23(29)14-25(20)35-2/h4-9,12-14H,3,10-11,15-16H2,1-2H3,(H,32,33). The van der Waals surface area contributed by atoms with Crippen molar-refractivity contribution in [3.8, 4) is 22.6 Å². The fraction of sp³-hybridized carbons (Fsp3) is 0.259. The normalized spacial score (nSPS) is 11.0. The van der Waals surface area contributed by atoms with Crippen LogP contribution in [0.1, 0.15) is 12.0 Å². The number of rotatable bonds is 12. The van der Waals surface area contributed by atoms with Crippen LogP contribution in [0.4, 0.5) is 14.6 Å². The zero-order valence-corrected chi connectivity index (χ0v) is 20.4. The SMILES string of the molecule is COCCCN(CC(=O)O)c1noc2ccc(COc3ccc(-c4cc(F)c(F)cc4OC)cc3)cc12. The summed E-state index contributed by atoms with van der Waals surface area (Å²) in [6.07, 6.45) is 0.632. The van der Waals surface area contributed by atoms with Gasteiger partial charge < -0.3 is 28.7 Å². The van der Waals surface area contributed by atoms with Gasteiger partial charge in [-0.15, -0.1) is 0 Å². The molecule has 0 amide bonds. The number of anilines is 1. The predicted molar refractivity (Wildman–Crippen MR) is 133 cm³/mol. The number of methoxy groups -OCH3 is 2. The number of carboxylic acid groups (broad SMARTS) is 1. The third-order valence-corrected chi connectivity index (χ3v) is 5.73. The van der Waals surface area contributed by atoms with Crippen molar-refractivity contribution >= 4 is 22.8 Å². The van der Waals surface area contributed by atoms with E-state index < -0.39 is 17.6 Å². The number of ether oxygens (including phenoxy) is 3. The third kappa shape index (κ3) is 6.15. The Hall–Kier alpha value is -4.18. The van der Waals surface area contributed by atoms with Gasteiger partial charge in [0.15, 0.2) is 23.0 Å². The van der Waals surface area contributed by atoms with E-state index in [0.717, 1.165) is 17.7 Å². The number of halogens is 2. The maximum atomic E-state index is 13.8. The molecule has 10 heteroatoms. The highest BCUT2D eigenvalue weighted by atomic mass is 19.2. The smallest absolute Gasteiger partial charge is 0.323 e. The van der Waals surface area contributed by atoms with Gasteiger partial charge in [0.05, 0.1) is 12.5 Å². The van der Waals surface area contributed by atoms with E-state index in [1.807, 2.05) is 12.1 Å². The predicted octanol–water partition coefficient (Wildman–Crippen LogP) is 5.29.